The standard InChI is InChI=1S/C24H38N2O4/c1-14(2)9-17-13-26-8-7-16-10-21(28-5)22(29-6)11-18(16)19(26)12-20(17)30-24(27)23(25)15(3)4/h10-11,14-15,17,19-20,23H,7-9,12-13,25H2,1-6H3/t17?,19?,20?,23-/m0/s1/i1D3,5D3,6D3,7D2,8D2,9D2,10D,11D,12D2,13D2,14D,17D,20D/t14?,17?,19?,20?,23-. The van der Waals surface area contributed by atoms with Gasteiger partial charge in [0.15, 0.2) is 11.5 Å². The van der Waals surface area contributed by atoms with E-state index in [0.717, 1.165) is 0 Å². The van der Waals surface area contributed by atoms with E-state index in [1.165, 1.54) is 13.8 Å². The van der Waals surface area contributed by atoms with Crippen LogP contribution in [-0.4, -0.2) is 50.1 Å². The van der Waals surface area contributed by atoms with Gasteiger partial charge < -0.3 is 19.9 Å². The van der Waals surface area contributed by atoms with E-state index in [9.17, 15) is 13.0 Å². The maximum Gasteiger partial charge on any atom is 0.323 e. The van der Waals surface area contributed by atoms with Crippen LogP contribution in [0.3, 0.4) is 0 Å². The molecule has 0 radical (unpaired) electrons. The quantitative estimate of drug-likeness (QED) is 0.651. The second-order valence-electron chi connectivity index (χ2n) is 6.81. The Kier molecular flexibility index (Phi) is 2.27. The highest BCUT2D eigenvalue weighted by Crippen LogP contribution is 2.44. The largest absolute Gasteiger partial charge is 0.493 e. The van der Waals surface area contributed by atoms with E-state index in [-0.39, 0.29) is 0 Å². The Morgan fingerprint density at radius 1 is 1.43 bits per heavy atom. The molecule has 3 rings (SSSR count). The second-order valence-corrected chi connectivity index (χ2v) is 6.81. The van der Waals surface area contributed by atoms with Crippen molar-refractivity contribution in [3.05, 3.63) is 23.2 Å². The van der Waals surface area contributed by atoms with Crippen LogP contribution in [0.15, 0.2) is 12.1 Å². The van der Waals surface area contributed by atoms with Gasteiger partial charge in [0, 0.05) is 51.9 Å². The fourth-order valence-electron chi connectivity index (χ4n) is 2.63. The number of esters is 1. The van der Waals surface area contributed by atoms with E-state index in [4.69, 9.17) is 44.6 Å². The summed E-state index contributed by atoms with van der Waals surface area (Å²) in [6.45, 7) is -9.57. The molecule has 1 aromatic rings. The molecule has 168 valence electrons. The van der Waals surface area contributed by atoms with Gasteiger partial charge in [-0.1, -0.05) is 27.6 Å². The lowest BCUT2D eigenvalue weighted by molar-refractivity contribution is -0.160. The summed E-state index contributed by atoms with van der Waals surface area (Å²) in [5.74, 6) is -14.1. The highest BCUT2D eigenvalue weighted by atomic mass is 16.5. The van der Waals surface area contributed by atoms with Gasteiger partial charge in [-0.25, -0.2) is 0 Å². The molecule has 2 heterocycles. The molecule has 1 fully saturated rings. The van der Waals surface area contributed by atoms with Crippen molar-refractivity contribution < 1.29 is 51.9 Å². The van der Waals surface area contributed by atoms with Crippen LogP contribution in [0.25, 0.3) is 0 Å². The minimum absolute atomic E-state index is 0.328. The summed E-state index contributed by atoms with van der Waals surface area (Å²) in [5, 5.41) is 0. The minimum atomic E-state index is -4.65. The monoisotopic (exact) mass is 442 g/mol. The first-order chi connectivity index (χ1) is 23.5. The van der Waals surface area contributed by atoms with Crippen molar-refractivity contribution in [3.63, 3.8) is 0 Å². The average molecular weight is 443 g/mol. The average Bonchev–Trinajstić information content (AvgIpc) is 2.94. The molecule has 2 aliphatic rings. The van der Waals surface area contributed by atoms with Crippen LogP contribution >= 0.6 is 0 Å². The summed E-state index contributed by atoms with van der Waals surface area (Å²) in [6.07, 6.45) is -17.2. The fraction of sp³-hybridized carbons (Fsp3) is 0.708. The van der Waals surface area contributed by atoms with Gasteiger partial charge in [-0.3, -0.25) is 9.69 Å². The van der Waals surface area contributed by atoms with Gasteiger partial charge in [0.05, 0.1) is 26.4 Å². The molecule has 1 saturated heterocycles. The van der Waals surface area contributed by atoms with Gasteiger partial charge in [-0.05, 0) is 47.8 Å². The van der Waals surface area contributed by atoms with Gasteiger partial charge >= 0.3 is 5.97 Å². The summed E-state index contributed by atoms with van der Waals surface area (Å²) in [7, 11) is -7.22. The van der Waals surface area contributed by atoms with Crippen molar-refractivity contribution in [1.82, 2.24) is 4.90 Å². The van der Waals surface area contributed by atoms with Crippen molar-refractivity contribution in [3.8, 4) is 11.5 Å². The van der Waals surface area contributed by atoms with E-state index in [0.29, 0.717) is 6.92 Å². The normalized spacial score (nSPS) is 52.0. The van der Waals surface area contributed by atoms with Crippen molar-refractivity contribution >= 4 is 5.97 Å². The first kappa shape index (κ1) is 7.11. The minimum Gasteiger partial charge on any atom is -0.493 e. The molecule has 0 aliphatic carbocycles. The Balaban J connectivity index is 2.78. The first-order valence-electron chi connectivity index (χ1n) is 20.8. The van der Waals surface area contributed by atoms with Crippen LogP contribution in [0.2, 0.25) is 0 Å². The zero-order chi connectivity index (χ0) is 43.0. The van der Waals surface area contributed by atoms with Gasteiger partial charge in [0.2, 0.25) is 0 Å². The number of benzene rings is 1. The fourth-order valence-corrected chi connectivity index (χ4v) is 2.63. The molecule has 4 unspecified atom stereocenters. The smallest absolute Gasteiger partial charge is 0.323 e. The maximum absolute atomic E-state index is 13.5. The van der Waals surface area contributed by atoms with E-state index in [1.54, 1.807) is 0 Å². The first-order valence-corrected chi connectivity index (χ1v) is 8.82. The summed E-state index contributed by atoms with van der Waals surface area (Å²) >= 11 is 0. The summed E-state index contributed by atoms with van der Waals surface area (Å²) < 4.78 is 219. The number of carbonyl (C=O) groups is 1. The van der Waals surface area contributed by atoms with E-state index >= 15 is 0 Å². The SMILES string of the molecule is [2H]c1c(OC([2H])([2H])[2H])c(OC([2H])([2H])[2H])c([2H])c2c1C1N(C([2H])([2H])C2([2H])[2H])C([2H])([2H])C([2H])(C([2H])([2H])C([2H])(C)C([2H])([2H])[2H])C([2H])(OC(=O)[C@@H](N)C(C)C)C1([2H])[2H]. The molecule has 0 bridgehead atoms. The molecule has 6 nitrogen and oxygen atoms in total. The number of fused-ring (bicyclic) bond motifs is 3. The van der Waals surface area contributed by atoms with Gasteiger partial charge in [-0.15, -0.1) is 0 Å². The Labute approximate surface area is 214 Å². The molecule has 2 N–H and O–H groups in total. The van der Waals surface area contributed by atoms with Gasteiger partial charge in [-0.2, -0.15) is 0 Å². The highest BCUT2D eigenvalue weighted by molar-refractivity contribution is 5.76. The number of nitrogens with two attached hydrogens (primary N) is 1. The predicted octanol–water partition coefficient (Wildman–Crippen LogP) is 3.56. The number of nitrogens with zero attached hydrogens (tertiary/aromatic N) is 1. The Hall–Kier alpha value is -1.79. The van der Waals surface area contributed by atoms with Crippen LogP contribution in [0.1, 0.15) is 90.4 Å². The van der Waals surface area contributed by atoms with E-state index in [2.05, 4.69) is 0 Å². The maximum atomic E-state index is 13.5. The third kappa shape index (κ3) is 4.75. The Morgan fingerprint density at radius 2 is 2.17 bits per heavy atom. The molecule has 0 aromatic heterocycles. The van der Waals surface area contributed by atoms with Crippen molar-refractivity contribution in [2.24, 2.45) is 23.4 Å². The van der Waals surface area contributed by atoms with Crippen molar-refractivity contribution in [1.29, 1.82) is 0 Å². The van der Waals surface area contributed by atoms with E-state index < -0.39 is 134 Å². The molecule has 0 saturated carbocycles. The van der Waals surface area contributed by atoms with Crippen LogP contribution < -0.4 is 15.2 Å². The van der Waals surface area contributed by atoms with Crippen LogP contribution in [0.5, 0.6) is 11.5 Å². The number of rotatable bonds is 7. The molecule has 5 atom stereocenters. The number of carbonyl (C=O) groups excluding carboxylic acids is 1. The Morgan fingerprint density at radius 3 is 2.83 bits per heavy atom. The lowest BCUT2D eigenvalue weighted by Gasteiger charge is -2.47. The molecule has 1 aromatic carbocycles. The van der Waals surface area contributed by atoms with Gasteiger partial charge in [0.25, 0.3) is 0 Å². The summed E-state index contributed by atoms with van der Waals surface area (Å²) in [6, 6.07) is -8.11. The molecule has 0 spiro atoms. The topological polar surface area (TPSA) is 74.0 Å². The van der Waals surface area contributed by atoms with Gasteiger partial charge in [0.1, 0.15) is 12.1 Å². The molecule has 30 heavy (non-hydrogen) atoms. The number of ether oxygens (including phenoxy) is 3. The summed E-state index contributed by atoms with van der Waals surface area (Å²) in [4.78, 5) is 13.0. The predicted molar refractivity (Wildman–Crippen MR) is 118 cm³/mol. The van der Waals surface area contributed by atoms with E-state index in [1.807, 2.05) is 0 Å². The molecule has 0 amide bonds. The third-order valence-electron chi connectivity index (χ3n) is 4.23. The molecule has 6 heteroatoms. The lowest BCUT2D eigenvalue weighted by atomic mass is 9.79. The van der Waals surface area contributed by atoms with Crippen molar-refractivity contribution in [2.45, 2.75) is 64.9 Å². The lowest BCUT2D eigenvalue weighted by Crippen LogP contribution is -2.51. The number of methoxy groups -OCH3 is 2. The van der Waals surface area contributed by atoms with Crippen LogP contribution in [-0.2, 0) is 15.9 Å². The summed E-state index contributed by atoms with van der Waals surface area (Å²) in [5.41, 5.74) is 2.97. The number of piperidine rings is 1. The number of hydrogen-bond acceptors (Lipinski definition) is 6. The zero-order valence-electron chi connectivity index (χ0n) is 40.4. The Bertz CT molecular complexity index is 1670. The zero-order valence-corrected chi connectivity index (χ0v) is 16.4. The molecular weight excluding hydrogens is 380 g/mol. The van der Waals surface area contributed by atoms with Crippen LogP contribution in [0.4, 0.5) is 0 Å². The highest BCUT2D eigenvalue weighted by Gasteiger charge is 2.41. The molecule has 2 aliphatic heterocycles. The number of hydrogen-bond donors (Lipinski definition) is 1. The second kappa shape index (κ2) is 9.56. The van der Waals surface area contributed by atoms with Crippen LogP contribution in [0, 0.1) is 17.7 Å². The third-order valence-corrected chi connectivity index (χ3v) is 4.23. The van der Waals surface area contributed by atoms with Crippen molar-refractivity contribution in [2.75, 3.05) is 27.1 Å². The molecular formula is C24H38N2O4.